The minimum atomic E-state index is -1.61. The second-order valence-corrected chi connectivity index (χ2v) is 13.4. The zero-order valence-corrected chi connectivity index (χ0v) is 28.1. The molecule has 2 fully saturated rings. The molecule has 4 atom stereocenters. The predicted molar refractivity (Wildman–Crippen MR) is 176 cm³/mol. The van der Waals surface area contributed by atoms with E-state index in [0.29, 0.717) is 22.9 Å². The summed E-state index contributed by atoms with van der Waals surface area (Å²) in [7, 11) is 1.59. The van der Waals surface area contributed by atoms with Gasteiger partial charge in [0.1, 0.15) is 35.2 Å². The maximum absolute atomic E-state index is 14.3. The predicted octanol–water partition coefficient (Wildman–Crippen LogP) is 5.07. The lowest BCUT2D eigenvalue weighted by molar-refractivity contribution is -0.149. The molecule has 0 unspecified atom stereocenters. The number of carboxylic acids is 1. The number of amides is 3. The summed E-state index contributed by atoms with van der Waals surface area (Å²) in [6, 6.07) is 5.24. The molecule has 2 heterocycles. The monoisotopic (exact) mass is 650 g/mol. The molecule has 4 rings (SSSR count). The van der Waals surface area contributed by atoms with Crippen LogP contribution in [0.4, 0.5) is 4.79 Å². The Bertz CT molecular complexity index is 1560. The zero-order valence-electron chi connectivity index (χ0n) is 28.1. The molecule has 2 aromatic rings. The van der Waals surface area contributed by atoms with Crippen molar-refractivity contribution < 1.29 is 38.5 Å². The smallest absolute Gasteiger partial charge is 0.412 e. The number of hydrogen-bond donors (Lipinski definition) is 3. The lowest BCUT2D eigenvalue weighted by Gasteiger charge is -2.36. The number of carboxylic acid groups (broad SMARTS) is 1. The van der Waals surface area contributed by atoms with Gasteiger partial charge in [0.15, 0.2) is 0 Å². The van der Waals surface area contributed by atoms with Gasteiger partial charge in [-0.1, -0.05) is 40.3 Å². The Morgan fingerprint density at radius 2 is 1.89 bits per heavy atom. The van der Waals surface area contributed by atoms with Crippen LogP contribution in [0.25, 0.3) is 10.9 Å². The number of alkyl carbamates (subject to hydrolysis) is 1. The van der Waals surface area contributed by atoms with E-state index in [4.69, 9.17) is 19.2 Å². The summed E-state index contributed by atoms with van der Waals surface area (Å²) in [5.74, 6) is -0.694. The van der Waals surface area contributed by atoms with Crippen molar-refractivity contribution >= 4 is 34.8 Å². The van der Waals surface area contributed by atoms with E-state index in [1.807, 2.05) is 24.3 Å². The SMILES string of the molecule is C=CC[C@@](CC)(NC(=O)[C@@H]1C[C@@H](Oc2cc(C3CC3)nc3cc(OC)ccc23)CN1C(=O)[C@@H](NC(=O)OC(=C)C)C(C)(C)C)C(=O)O. The van der Waals surface area contributed by atoms with Crippen molar-refractivity contribution in [3.05, 3.63) is 55.0 Å². The maximum atomic E-state index is 14.3. The van der Waals surface area contributed by atoms with Crippen LogP contribution in [0.2, 0.25) is 0 Å². The number of carbonyl (C=O) groups excluding carboxylic acids is 3. The molecule has 0 radical (unpaired) electrons. The summed E-state index contributed by atoms with van der Waals surface area (Å²) in [5, 5.41) is 16.2. The highest BCUT2D eigenvalue weighted by Crippen LogP contribution is 2.42. The lowest BCUT2D eigenvalue weighted by Crippen LogP contribution is -2.61. The third-order valence-corrected chi connectivity index (χ3v) is 8.65. The summed E-state index contributed by atoms with van der Waals surface area (Å²) in [6.45, 7) is 15.8. The number of benzene rings is 1. The van der Waals surface area contributed by atoms with Gasteiger partial charge < -0.3 is 34.9 Å². The van der Waals surface area contributed by atoms with Crippen molar-refractivity contribution in [3.8, 4) is 11.5 Å². The molecule has 3 amide bonds. The van der Waals surface area contributed by atoms with Crippen molar-refractivity contribution in [2.75, 3.05) is 13.7 Å². The molecular formula is C35H46N4O8. The van der Waals surface area contributed by atoms with Gasteiger partial charge in [-0.2, -0.15) is 0 Å². The van der Waals surface area contributed by atoms with Gasteiger partial charge in [0.25, 0.3) is 0 Å². The van der Waals surface area contributed by atoms with Gasteiger partial charge in [-0.25, -0.2) is 9.59 Å². The van der Waals surface area contributed by atoms with E-state index in [1.54, 1.807) is 34.8 Å². The highest BCUT2D eigenvalue weighted by molar-refractivity contribution is 5.95. The van der Waals surface area contributed by atoms with E-state index >= 15 is 0 Å². The number of rotatable bonds is 13. The Balaban J connectivity index is 1.71. The molecule has 3 N–H and O–H groups in total. The van der Waals surface area contributed by atoms with E-state index in [1.165, 1.54) is 17.9 Å². The van der Waals surface area contributed by atoms with Crippen molar-refractivity contribution in [2.24, 2.45) is 5.41 Å². The third-order valence-electron chi connectivity index (χ3n) is 8.65. The Labute approximate surface area is 275 Å². The van der Waals surface area contributed by atoms with Crippen molar-refractivity contribution in [1.82, 2.24) is 20.5 Å². The normalized spacial score (nSPS) is 19.7. The van der Waals surface area contributed by atoms with Crippen LogP contribution >= 0.6 is 0 Å². The molecule has 12 nitrogen and oxygen atoms in total. The number of aliphatic carboxylic acids is 1. The molecule has 0 bridgehead atoms. The number of methoxy groups -OCH3 is 1. The van der Waals surface area contributed by atoms with E-state index in [0.717, 1.165) is 23.9 Å². The second kappa shape index (κ2) is 14.0. The molecule has 0 spiro atoms. The number of fused-ring (bicyclic) bond motifs is 1. The number of allylic oxidation sites excluding steroid dienone is 1. The maximum Gasteiger partial charge on any atom is 0.412 e. The van der Waals surface area contributed by atoms with Gasteiger partial charge in [-0.3, -0.25) is 14.6 Å². The molecule has 1 aliphatic carbocycles. The van der Waals surface area contributed by atoms with Crippen LogP contribution in [-0.2, 0) is 19.1 Å². The highest BCUT2D eigenvalue weighted by Gasteiger charge is 2.48. The number of pyridine rings is 1. The lowest BCUT2D eigenvalue weighted by atomic mass is 9.85. The highest BCUT2D eigenvalue weighted by atomic mass is 16.6. The fourth-order valence-corrected chi connectivity index (χ4v) is 5.82. The molecule has 12 heteroatoms. The van der Waals surface area contributed by atoms with E-state index in [9.17, 15) is 24.3 Å². The van der Waals surface area contributed by atoms with Crippen molar-refractivity contribution in [1.29, 1.82) is 0 Å². The summed E-state index contributed by atoms with van der Waals surface area (Å²) >= 11 is 0. The first kappa shape index (κ1) is 35.2. The minimum absolute atomic E-state index is 0.00704. The average molecular weight is 651 g/mol. The minimum Gasteiger partial charge on any atom is -0.497 e. The number of nitrogens with zero attached hydrogens (tertiary/aromatic N) is 2. The number of nitrogens with one attached hydrogen (secondary N) is 2. The standard InChI is InChI=1S/C35H46N4O8/c1-9-15-35(10-2,32(42)43)38-30(40)27-17-23(19-39(27)31(41)29(34(5,6)7)37-33(44)46-20(3)4)47-28-18-25(21-11-12-21)36-26-16-22(45-8)13-14-24(26)28/h9,13-14,16,18,21,23,27,29H,1,3,10-12,15,17,19H2,2,4-8H3,(H,37,44)(H,38,40)(H,42,43)/t23-,27+,29-,35-/m1/s1. The molecular weight excluding hydrogens is 604 g/mol. The van der Waals surface area contributed by atoms with Crippen LogP contribution in [0.5, 0.6) is 11.5 Å². The van der Waals surface area contributed by atoms with Gasteiger partial charge in [-0.05, 0) is 50.2 Å². The topological polar surface area (TPSA) is 156 Å². The molecule has 1 aromatic heterocycles. The first-order valence-electron chi connectivity index (χ1n) is 15.9. The number of ether oxygens (including phenoxy) is 3. The van der Waals surface area contributed by atoms with Crippen LogP contribution in [0, 0.1) is 5.41 Å². The molecule has 254 valence electrons. The van der Waals surface area contributed by atoms with Crippen LogP contribution in [0.1, 0.15) is 78.3 Å². The number of carbonyl (C=O) groups is 4. The summed E-state index contributed by atoms with van der Waals surface area (Å²) in [5.41, 5.74) is -0.802. The van der Waals surface area contributed by atoms with Crippen LogP contribution in [0.15, 0.2) is 49.3 Å². The molecule has 1 aromatic carbocycles. The first-order valence-corrected chi connectivity index (χ1v) is 15.9. The Kier molecular flexibility index (Phi) is 10.5. The Morgan fingerprint density at radius 1 is 1.19 bits per heavy atom. The van der Waals surface area contributed by atoms with Gasteiger partial charge in [0, 0.05) is 35.6 Å². The average Bonchev–Trinajstić information content (AvgIpc) is 3.77. The molecule has 1 saturated carbocycles. The molecule has 1 saturated heterocycles. The fraction of sp³-hybridized carbons (Fsp3) is 0.514. The van der Waals surface area contributed by atoms with Gasteiger partial charge in [-0.15, -0.1) is 6.58 Å². The van der Waals surface area contributed by atoms with E-state index in [2.05, 4.69) is 23.8 Å². The molecule has 1 aliphatic heterocycles. The summed E-state index contributed by atoms with van der Waals surface area (Å²) < 4.78 is 17.1. The number of hydrogen-bond acceptors (Lipinski definition) is 8. The molecule has 2 aliphatic rings. The van der Waals surface area contributed by atoms with E-state index < -0.39 is 53.0 Å². The van der Waals surface area contributed by atoms with Crippen LogP contribution < -0.4 is 20.1 Å². The number of aromatic nitrogens is 1. The van der Waals surface area contributed by atoms with Gasteiger partial charge in [0.2, 0.25) is 11.8 Å². The summed E-state index contributed by atoms with van der Waals surface area (Å²) in [4.78, 5) is 59.5. The zero-order chi connectivity index (χ0) is 34.7. The van der Waals surface area contributed by atoms with Crippen molar-refractivity contribution in [2.45, 2.75) is 96.4 Å². The van der Waals surface area contributed by atoms with Crippen LogP contribution in [-0.4, -0.2) is 76.2 Å². The Morgan fingerprint density at radius 3 is 2.45 bits per heavy atom. The van der Waals surface area contributed by atoms with Gasteiger partial charge in [0.05, 0.1) is 24.9 Å². The van der Waals surface area contributed by atoms with Gasteiger partial charge >= 0.3 is 12.1 Å². The Hall–Kier alpha value is -4.61. The quantitative estimate of drug-likeness (QED) is 0.199. The largest absolute Gasteiger partial charge is 0.497 e. The fourth-order valence-electron chi connectivity index (χ4n) is 5.82. The van der Waals surface area contributed by atoms with E-state index in [-0.39, 0.29) is 31.6 Å². The van der Waals surface area contributed by atoms with Crippen LogP contribution in [0.3, 0.4) is 0 Å². The molecule has 47 heavy (non-hydrogen) atoms. The summed E-state index contributed by atoms with van der Waals surface area (Å²) in [6.07, 6.45) is 2.16. The second-order valence-electron chi connectivity index (χ2n) is 13.4. The first-order chi connectivity index (χ1) is 22.1. The van der Waals surface area contributed by atoms with Crippen molar-refractivity contribution in [3.63, 3.8) is 0 Å². The third kappa shape index (κ3) is 8.04. The number of likely N-dealkylation sites (tertiary alicyclic amines) is 1.